The predicted octanol–water partition coefficient (Wildman–Crippen LogP) is 3.40. The Hall–Kier alpha value is -1.24. The van der Waals surface area contributed by atoms with E-state index in [4.69, 9.17) is 9.84 Å². The maximum absolute atomic E-state index is 12.4. The molecule has 7 heteroatoms. The third kappa shape index (κ3) is 3.90. The molecule has 0 aliphatic carbocycles. The summed E-state index contributed by atoms with van der Waals surface area (Å²) in [6.07, 6.45) is -4.83. The molecule has 100 valence electrons. The molecule has 3 nitrogen and oxygen atoms in total. The Kier molecular flexibility index (Phi) is 4.61. The fourth-order valence-electron chi connectivity index (χ4n) is 1.21. The summed E-state index contributed by atoms with van der Waals surface area (Å²) in [5.41, 5.74) is 0.629. The summed E-state index contributed by atoms with van der Waals surface area (Å²) in [5.74, 6) is -4.26. The second-order valence-electron chi connectivity index (χ2n) is 3.65. The Morgan fingerprint density at radius 1 is 1.50 bits per heavy atom. The average Bonchev–Trinajstić information content (AvgIpc) is 2.20. The van der Waals surface area contributed by atoms with Crippen molar-refractivity contribution in [1.82, 2.24) is 0 Å². The van der Waals surface area contributed by atoms with Gasteiger partial charge in [-0.2, -0.15) is 13.2 Å². The number of rotatable bonds is 4. The second-order valence-corrected chi connectivity index (χ2v) is 4.57. The Labute approximate surface area is 110 Å². The van der Waals surface area contributed by atoms with E-state index in [2.05, 4.69) is 15.9 Å². The van der Waals surface area contributed by atoms with Gasteiger partial charge in [0.1, 0.15) is 12.4 Å². The van der Waals surface area contributed by atoms with E-state index in [1.807, 2.05) is 0 Å². The molecule has 1 N–H and O–H groups in total. The molecule has 1 atom stereocenters. The molecular weight excluding hydrogens is 317 g/mol. The predicted molar refractivity (Wildman–Crippen MR) is 61.6 cm³/mol. The molecule has 0 spiro atoms. The quantitative estimate of drug-likeness (QED) is 0.922. The highest BCUT2D eigenvalue weighted by Crippen LogP contribution is 2.29. The lowest BCUT2D eigenvalue weighted by atomic mass is 10.1. The molecule has 0 aliphatic heterocycles. The number of hydrogen-bond acceptors (Lipinski definition) is 2. The summed E-state index contributed by atoms with van der Waals surface area (Å²) in [6, 6.07) is 4.86. The van der Waals surface area contributed by atoms with Crippen LogP contribution in [0.4, 0.5) is 13.2 Å². The lowest BCUT2D eigenvalue weighted by molar-refractivity contribution is -0.198. The number of carboxylic acids is 1. The van der Waals surface area contributed by atoms with Crippen molar-refractivity contribution in [2.24, 2.45) is 5.92 Å². The number of ether oxygens (including phenoxy) is 1. The highest BCUT2D eigenvalue weighted by molar-refractivity contribution is 9.10. The van der Waals surface area contributed by atoms with Gasteiger partial charge in [-0.3, -0.25) is 4.79 Å². The summed E-state index contributed by atoms with van der Waals surface area (Å²) in [4.78, 5) is 10.5. The molecular formula is C11H10BrF3O3. The van der Waals surface area contributed by atoms with Gasteiger partial charge in [0.05, 0.1) is 0 Å². The zero-order valence-electron chi connectivity index (χ0n) is 9.29. The molecule has 1 aromatic rings. The zero-order valence-corrected chi connectivity index (χ0v) is 10.9. The molecule has 1 aromatic carbocycles. The molecule has 18 heavy (non-hydrogen) atoms. The number of aliphatic carboxylic acids is 1. The number of carbonyl (C=O) groups is 1. The summed E-state index contributed by atoms with van der Waals surface area (Å²) in [6.45, 7) is 0.710. The van der Waals surface area contributed by atoms with Crippen molar-refractivity contribution < 1.29 is 27.8 Å². The van der Waals surface area contributed by atoms with Crippen LogP contribution in [0.3, 0.4) is 0 Å². The molecule has 0 saturated heterocycles. The Balaban J connectivity index is 2.79. The van der Waals surface area contributed by atoms with E-state index in [0.717, 1.165) is 0 Å². The minimum absolute atomic E-state index is 0.222. The number of benzene rings is 1. The standard InChI is InChI=1S/C11H10BrF3O3/c1-6-2-3-7(12)4-9(6)18-5-8(10(16)17)11(13,14)15/h2-4,8H,5H2,1H3,(H,16,17). The fraction of sp³-hybridized carbons (Fsp3) is 0.364. The molecule has 0 fully saturated rings. The molecule has 0 heterocycles. The van der Waals surface area contributed by atoms with Gasteiger partial charge in [-0.1, -0.05) is 22.0 Å². The van der Waals surface area contributed by atoms with E-state index in [1.165, 1.54) is 6.07 Å². The van der Waals surface area contributed by atoms with E-state index >= 15 is 0 Å². The molecule has 0 saturated carbocycles. The van der Waals surface area contributed by atoms with Crippen LogP contribution in [0.5, 0.6) is 5.75 Å². The number of aryl methyl sites for hydroxylation is 1. The largest absolute Gasteiger partial charge is 0.492 e. The third-order valence-corrected chi connectivity index (χ3v) is 2.74. The van der Waals surface area contributed by atoms with Gasteiger partial charge in [0.15, 0.2) is 5.92 Å². The maximum Gasteiger partial charge on any atom is 0.405 e. The van der Waals surface area contributed by atoms with Crippen molar-refractivity contribution in [2.75, 3.05) is 6.61 Å². The first-order chi connectivity index (χ1) is 8.21. The molecule has 1 unspecified atom stereocenters. The van der Waals surface area contributed by atoms with Gasteiger partial charge in [0, 0.05) is 4.47 Å². The Morgan fingerprint density at radius 3 is 2.61 bits per heavy atom. The summed E-state index contributed by atoms with van der Waals surface area (Å²) >= 11 is 3.15. The van der Waals surface area contributed by atoms with Crippen molar-refractivity contribution >= 4 is 21.9 Å². The molecule has 0 radical (unpaired) electrons. The first-order valence-electron chi connectivity index (χ1n) is 4.90. The third-order valence-electron chi connectivity index (χ3n) is 2.25. The van der Waals surface area contributed by atoms with Crippen LogP contribution < -0.4 is 4.74 Å². The molecule has 0 bridgehead atoms. The number of alkyl halides is 3. The topological polar surface area (TPSA) is 46.5 Å². The van der Waals surface area contributed by atoms with Gasteiger partial charge in [-0.05, 0) is 24.6 Å². The lowest BCUT2D eigenvalue weighted by Crippen LogP contribution is -2.35. The minimum atomic E-state index is -4.83. The van der Waals surface area contributed by atoms with E-state index in [9.17, 15) is 18.0 Å². The summed E-state index contributed by atoms with van der Waals surface area (Å²) in [5, 5.41) is 8.50. The first-order valence-corrected chi connectivity index (χ1v) is 5.69. The molecule has 1 rings (SSSR count). The summed E-state index contributed by atoms with van der Waals surface area (Å²) < 4.78 is 42.7. The van der Waals surface area contributed by atoms with Crippen LogP contribution in [-0.2, 0) is 4.79 Å². The van der Waals surface area contributed by atoms with Gasteiger partial charge in [0.2, 0.25) is 0 Å². The average molecular weight is 327 g/mol. The SMILES string of the molecule is Cc1ccc(Br)cc1OCC(C(=O)O)C(F)(F)F. The van der Waals surface area contributed by atoms with Crippen LogP contribution in [0.2, 0.25) is 0 Å². The van der Waals surface area contributed by atoms with E-state index in [1.54, 1.807) is 19.1 Å². The van der Waals surface area contributed by atoms with Crippen LogP contribution in [-0.4, -0.2) is 23.9 Å². The van der Waals surface area contributed by atoms with Crippen LogP contribution in [0.1, 0.15) is 5.56 Å². The monoisotopic (exact) mass is 326 g/mol. The maximum atomic E-state index is 12.4. The Morgan fingerprint density at radius 2 is 2.11 bits per heavy atom. The lowest BCUT2D eigenvalue weighted by Gasteiger charge is -2.17. The van der Waals surface area contributed by atoms with Crippen LogP contribution >= 0.6 is 15.9 Å². The molecule has 0 aliphatic rings. The van der Waals surface area contributed by atoms with E-state index in [-0.39, 0.29) is 5.75 Å². The fourth-order valence-corrected chi connectivity index (χ4v) is 1.55. The van der Waals surface area contributed by atoms with Crippen molar-refractivity contribution in [1.29, 1.82) is 0 Å². The van der Waals surface area contributed by atoms with Gasteiger partial charge in [-0.25, -0.2) is 0 Å². The summed E-state index contributed by atoms with van der Waals surface area (Å²) in [7, 11) is 0. The Bertz CT molecular complexity index is 446. The molecule has 0 amide bonds. The van der Waals surface area contributed by atoms with Crippen molar-refractivity contribution in [2.45, 2.75) is 13.1 Å². The van der Waals surface area contributed by atoms with Crippen molar-refractivity contribution in [3.63, 3.8) is 0 Å². The minimum Gasteiger partial charge on any atom is -0.492 e. The smallest absolute Gasteiger partial charge is 0.405 e. The number of hydrogen-bond donors (Lipinski definition) is 1. The van der Waals surface area contributed by atoms with Gasteiger partial charge in [0.25, 0.3) is 0 Å². The van der Waals surface area contributed by atoms with Gasteiger partial charge >= 0.3 is 12.1 Å². The number of halogens is 4. The normalized spacial score (nSPS) is 13.2. The van der Waals surface area contributed by atoms with E-state index < -0.39 is 24.7 Å². The van der Waals surface area contributed by atoms with Crippen molar-refractivity contribution in [3.8, 4) is 5.75 Å². The highest BCUT2D eigenvalue weighted by atomic mass is 79.9. The van der Waals surface area contributed by atoms with Crippen LogP contribution in [0.25, 0.3) is 0 Å². The number of carboxylic acid groups (broad SMARTS) is 1. The van der Waals surface area contributed by atoms with E-state index in [0.29, 0.717) is 10.0 Å². The van der Waals surface area contributed by atoms with Gasteiger partial charge in [-0.15, -0.1) is 0 Å². The first kappa shape index (κ1) is 14.8. The second kappa shape index (κ2) is 5.60. The van der Waals surface area contributed by atoms with Crippen LogP contribution in [0.15, 0.2) is 22.7 Å². The van der Waals surface area contributed by atoms with Crippen LogP contribution in [0, 0.1) is 12.8 Å². The van der Waals surface area contributed by atoms with Gasteiger partial charge < -0.3 is 9.84 Å². The molecule has 0 aromatic heterocycles. The van der Waals surface area contributed by atoms with Crippen molar-refractivity contribution in [3.05, 3.63) is 28.2 Å². The highest BCUT2D eigenvalue weighted by Gasteiger charge is 2.45. The zero-order chi connectivity index (χ0) is 13.9.